The minimum atomic E-state index is -3.35. The van der Waals surface area contributed by atoms with Gasteiger partial charge in [0.1, 0.15) is 0 Å². The minimum absolute atomic E-state index is 0.230. The van der Waals surface area contributed by atoms with Gasteiger partial charge >= 0.3 is 0 Å². The maximum Gasteiger partial charge on any atom is 0.231 e. The molecule has 20 heavy (non-hydrogen) atoms. The van der Waals surface area contributed by atoms with Crippen molar-refractivity contribution in [3.05, 3.63) is 24.3 Å². The van der Waals surface area contributed by atoms with Gasteiger partial charge in [-0.05, 0) is 18.2 Å². The second-order valence-corrected chi connectivity index (χ2v) is 6.50. The summed E-state index contributed by atoms with van der Waals surface area (Å²) in [6.07, 6.45) is 1.06. The van der Waals surface area contributed by atoms with Crippen molar-refractivity contribution >= 4 is 27.3 Å². The molecule has 0 bridgehead atoms. The van der Waals surface area contributed by atoms with Crippen LogP contribution in [0.1, 0.15) is 0 Å². The van der Waals surface area contributed by atoms with Crippen LogP contribution >= 0.6 is 0 Å². The fourth-order valence-corrected chi connectivity index (χ4v) is 2.51. The van der Waals surface area contributed by atoms with Gasteiger partial charge in [-0.25, -0.2) is 8.42 Å². The Morgan fingerprint density at radius 3 is 2.65 bits per heavy atom. The molecule has 1 aromatic carbocycles. The zero-order chi connectivity index (χ0) is 14.8. The number of amides is 1. The highest BCUT2D eigenvalue weighted by Crippen LogP contribution is 2.19. The Morgan fingerprint density at radius 1 is 1.35 bits per heavy atom. The SMILES string of the molecule is CS(=O)(=O)Nc1cccc(NC(=O)C2COCC2N)c1. The van der Waals surface area contributed by atoms with Gasteiger partial charge in [0.2, 0.25) is 15.9 Å². The summed E-state index contributed by atoms with van der Waals surface area (Å²) in [7, 11) is -3.35. The number of carbonyl (C=O) groups excluding carboxylic acids is 1. The van der Waals surface area contributed by atoms with E-state index in [4.69, 9.17) is 10.5 Å². The zero-order valence-corrected chi connectivity index (χ0v) is 11.8. The average molecular weight is 299 g/mol. The molecule has 0 radical (unpaired) electrons. The van der Waals surface area contributed by atoms with Crippen LogP contribution in [0.3, 0.4) is 0 Å². The van der Waals surface area contributed by atoms with Gasteiger partial charge in [0.15, 0.2) is 0 Å². The van der Waals surface area contributed by atoms with E-state index in [1.807, 2.05) is 0 Å². The van der Waals surface area contributed by atoms with Gasteiger partial charge in [0, 0.05) is 11.7 Å². The Hall–Kier alpha value is -1.64. The van der Waals surface area contributed by atoms with Crippen LogP contribution in [-0.4, -0.2) is 39.8 Å². The number of carbonyl (C=O) groups is 1. The number of nitrogens with one attached hydrogen (secondary N) is 2. The normalized spacial score (nSPS) is 22.5. The lowest BCUT2D eigenvalue weighted by Crippen LogP contribution is -2.37. The molecule has 1 fully saturated rings. The van der Waals surface area contributed by atoms with Gasteiger partial charge in [-0.1, -0.05) is 6.07 Å². The van der Waals surface area contributed by atoms with E-state index in [1.165, 1.54) is 0 Å². The molecule has 110 valence electrons. The number of hydrogen-bond donors (Lipinski definition) is 3. The lowest BCUT2D eigenvalue weighted by molar-refractivity contribution is -0.120. The molecule has 0 spiro atoms. The van der Waals surface area contributed by atoms with Crippen LogP contribution in [0.5, 0.6) is 0 Å². The number of anilines is 2. The largest absolute Gasteiger partial charge is 0.379 e. The molecule has 0 aromatic heterocycles. The molecule has 2 atom stereocenters. The molecule has 2 unspecified atom stereocenters. The van der Waals surface area contributed by atoms with Gasteiger partial charge in [0.25, 0.3) is 0 Å². The summed E-state index contributed by atoms with van der Waals surface area (Å²) in [5, 5.41) is 2.71. The van der Waals surface area contributed by atoms with E-state index < -0.39 is 10.0 Å². The summed E-state index contributed by atoms with van der Waals surface area (Å²) in [6, 6.07) is 6.15. The molecule has 1 heterocycles. The van der Waals surface area contributed by atoms with E-state index in [0.717, 1.165) is 6.26 Å². The highest BCUT2D eigenvalue weighted by atomic mass is 32.2. The standard InChI is InChI=1S/C12H17N3O4S/c1-20(17,18)15-9-4-2-3-8(5-9)14-12(16)10-6-19-7-11(10)13/h2-5,10-11,15H,6-7,13H2,1H3,(H,14,16). The number of hydrogen-bond acceptors (Lipinski definition) is 5. The van der Waals surface area contributed by atoms with Crippen LogP contribution in [0.2, 0.25) is 0 Å². The first-order valence-electron chi connectivity index (χ1n) is 6.07. The summed E-state index contributed by atoms with van der Waals surface area (Å²) in [5.41, 5.74) is 6.66. The van der Waals surface area contributed by atoms with E-state index in [2.05, 4.69) is 10.0 Å². The maximum absolute atomic E-state index is 12.0. The van der Waals surface area contributed by atoms with Crippen molar-refractivity contribution in [2.24, 2.45) is 11.7 Å². The molecule has 1 saturated heterocycles. The lowest BCUT2D eigenvalue weighted by atomic mass is 10.0. The first-order chi connectivity index (χ1) is 9.35. The third-order valence-corrected chi connectivity index (χ3v) is 3.50. The Labute approximate surface area is 117 Å². The van der Waals surface area contributed by atoms with Gasteiger partial charge < -0.3 is 15.8 Å². The van der Waals surface area contributed by atoms with Gasteiger partial charge in [-0.3, -0.25) is 9.52 Å². The Morgan fingerprint density at radius 2 is 2.05 bits per heavy atom. The van der Waals surface area contributed by atoms with Gasteiger partial charge in [0.05, 0.1) is 31.1 Å². The van der Waals surface area contributed by atoms with Crippen molar-refractivity contribution in [1.82, 2.24) is 0 Å². The zero-order valence-electron chi connectivity index (χ0n) is 11.0. The lowest BCUT2D eigenvalue weighted by Gasteiger charge is -2.14. The fourth-order valence-electron chi connectivity index (χ4n) is 1.95. The van der Waals surface area contributed by atoms with Crippen molar-refractivity contribution in [2.75, 3.05) is 29.5 Å². The number of ether oxygens (including phenoxy) is 1. The van der Waals surface area contributed by atoms with E-state index in [9.17, 15) is 13.2 Å². The molecule has 8 heteroatoms. The average Bonchev–Trinajstić information content (AvgIpc) is 2.73. The summed E-state index contributed by atoms with van der Waals surface area (Å²) in [4.78, 5) is 12.0. The van der Waals surface area contributed by atoms with Crippen LogP contribution in [0, 0.1) is 5.92 Å². The van der Waals surface area contributed by atoms with Crippen molar-refractivity contribution in [3.8, 4) is 0 Å². The molecule has 1 aliphatic heterocycles. The molecule has 0 aliphatic carbocycles. The van der Waals surface area contributed by atoms with Crippen molar-refractivity contribution in [2.45, 2.75) is 6.04 Å². The molecule has 1 aliphatic rings. The Balaban J connectivity index is 2.06. The first kappa shape index (κ1) is 14.8. The number of benzene rings is 1. The second kappa shape index (κ2) is 5.78. The smallest absolute Gasteiger partial charge is 0.231 e. The number of rotatable bonds is 4. The van der Waals surface area contributed by atoms with E-state index in [-0.39, 0.29) is 17.9 Å². The topological polar surface area (TPSA) is 111 Å². The van der Waals surface area contributed by atoms with E-state index in [0.29, 0.717) is 24.6 Å². The summed E-state index contributed by atoms with van der Waals surface area (Å²) in [6.45, 7) is 0.669. The highest BCUT2D eigenvalue weighted by molar-refractivity contribution is 7.92. The van der Waals surface area contributed by atoms with Crippen molar-refractivity contribution < 1.29 is 17.9 Å². The summed E-state index contributed by atoms with van der Waals surface area (Å²) in [5.74, 6) is -0.618. The third kappa shape index (κ3) is 3.92. The first-order valence-corrected chi connectivity index (χ1v) is 7.96. The minimum Gasteiger partial charge on any atom is -0.379 e. The van der Waals surface area contributed by atoms with Crippen LogP contribution < -0.4 is 15.8 Å². The fraction of sp³-hybridized carbons (Fsp3) is 0.417. The Kier molecular flexibility index (Phi) is 4.26. The quantitative estimate of drug-likeness (QED) is 0.723. The molecule has 1 aromatic rings. The maximum atomic E-state index is 12.0. The molecular weight excluding hydrogens is 282 g/mol. The van der Waals surface area contributed by atoms with E-state index >= 15 is 0 Å². The second-order valence-electron chi connectivity index (χ2n) is 4.75. The predicted octanol–water partition coefficient (Wildman–Crippen LogP) is -0.0297. The highest BCUT2D eigenvalue weighted by Gasteiger charge is 2.31. The van der Waals surface area contributed by atoms with Crippen molar-refractivity contribution in [1.29, 1.82) is 0 Å². The molecular formula is C12H17N3O4S. The summed E-state index contributed by atoms with van der Waals surface area (Å²) < 4.78 is 29.8. The van der Waals surface area contributed by atoms with Crippen molar-refractivity contribution in [3.63, 3.8) is 0 Å². The van der Waals surface area contributed by atoms with E-state index in [1.54, 1.807) is 24.3 Å². The molecule has 0 saturated carbocycles. The number of sulfonamides is 1. The molecule has 1 amide bonds. The predicted molar refractivity (Wildman–Crippen MR) is 75.8 cm³/mol. The molecule has 2 rings (SSSR count). The monoisotopic (exact) mass is 299 g/mol. The van der Waals surface area contributed by atoms with Crippen LogP contribution in [0.4, 0.5) is 11.4 Å². The molecule has 4 N–H and O–H groups in total. The van der Waals surface area contributed by atoms with Crippen LogP contribution in [0.25, 0.3) is 0 Å². The van der Waals surface area contributed by atoms with Crippen LogP contribution in [-0.2, 0) is 19.6 Å². The molecule has 7 nitrogen and oxygen atoms in total. The third-order valence-electron chi connectivity index (χ3n) is 2.89. The van der Waals surface area contributed by atoms with Crippen LogP contribution in [0.15, 0.2) is 24.3 Å². The Bertz CT molecular complexity index is 602. The number of nitrogens with two attached hydrogens (primary N) is 1. The van der Waals surface area contributed by atoms with Gasteiger partial charge in [-0.15, -0.1) is 0 Å². The summed E-state index contributed by atoms with van der Waals surface area (Å²) >= 11 is 0. The van der Waals surface area contributed by atoms with Gasteiger partial charge in [-0.2, -0.15) is 0 Å².